The van der Waals surface area contributed by atoms with Gasteiger partial charge in [0.25, 0.3) is 0 Å². The third-order valence-corrected chi connectivity index (χ3v) is 4.69. The fourth-order valence-corrected chi connectivity index (χ4v) is 3.63. The second-order valence-corrected chi connectivity index (χ2v) is 6.35. The van der Waals surface area contributed by atoms with Gasteiger partial charge in [-0.15, -0.1) is 0 Å². The number of nitrogens with one attached hydrogen (secondary N) is 1. The highest BCUT2D eigenvalue weighted by Crippen LogP contribution is 2.53. The molecule has 1 saturated carbocycles. The normalized spacial score (nSPS) is 30.4. The minimum atomic E-state index is 0.0498. The number of methoxy groups -OCH3 is 1. The smallest absolute Gasteiger partial charge is 0.193 e. The quantitative estimate of drug-likeness (QED) is 0.661. The summed E-state index contributed by atoms with van der Waals surface area (Å²) in [4.78, 5) is 4.70. The summed E-state index contributed by atoms with van der Waals surface area (Å²) in [6, 6.07) is 7.89. The number of hydrogen-bond donors (Lipinski definition) is 2. The molecular formula is C16H23N3O2. The van der Waals surface area contributed by atoms with Gasteiger partial charge in [-0.2, -0.15) is 0 Å². The average Bonchev–Trinajstić information content (AvgIpc) is 2.92. The summed E-state index contributed by atoms with van der Waals surface area (Å²) in [5, 5.41) is 3.14. The number of benzene rings is 1. The second-order valence-electron chi connectivity index (χ2n) is 6.35. The van der Waals surface area contributed by atoms with Crippen LogP contribution in [0.1, 0.15) is 20.3 Å². The number of rotatable bonds is 3. The summed E-state index contributed by atoms with van der Waals surface area (Å²) >= 11 is 0. The first-order valence-corrected chi connectivity index (χ1v) is 7.39. The van der Waals surface area contributed by atoms with E-state index in [9.17, 15) is 0 Å². The van der Waals surface area contributed by atoms with Crippen molar-refractivity contribution >= 4 is 11.6 Å². The highest BCUT2D eigenvalue weighted by atomic mass is 16.5. The molecule has 0 spiro atoms. The summed E-state index contributed by atoms with van der Waals surface area (Å²) in [6.45, 7) is 5.23. The molecule has 114 valence electrons. The molecule has 1 heterocycles. The second kappa shape index (κ2) is 5.22. The molecule has 1 aromatic carbocycles. The first-order chi connectivity index (χ1) is 10.0. The van der Waals surface area contributed by atoms with Crippen LogP contribution in [0.15, 0.2) is 29.3 Å². The van der Waals surface area contributed by atoms with Gasteiger partial charge in [0.1, 0.15) is 5.75 Å². The third kappa shape index (κ3) is 2.35. The van der Waals surface area contributed by atoms with Crippen molar-refractivity contribution < 1.29 is 9.47 Å². The van der Waals surface area contributed by atoms with Crippen molar-refractivity contribution in [2.24, 2.45) is 22.1 Å². The fraction of sp³-hybridized carbons (Fsp3) is 0.562. The Bertz CT molecular complexity index is 556. The molecule has 5 nitrogen and oxygen atoms in total. The van der Waals surface area contributed by atoms with Crippen molar-refractivity contribution in [3.63, 3.8) is 0 Å². The Morgan fingerprint density at radius 2 is 2.19 bits per heavy atom. The van der Waals surface area contributed by atoms with Crippen LogP contribution >= 0.6 is 0 Å². The molecule has 0 bridgehead atoms. The lowest BCUT2D eigenvalue weighted by Crippen LogP contribution is -2.59. The molecule has 2 fully saturated rings. The van der Waals surface area contributed by atoms with Crippen LogP contribution in [-0.2, 0) is 4.74 Å². The maximum atomic E-state index is 6.09. The van der Waals surface area contributed by atoms with Crippen LogP contribution in [0, 0.1) is 11.3 Å². The van der Waals surface area contributed by atoms with E-state index in [1.165, 1.54) is 0 Å². The van der Waals surface area contributed by atoms with Crippen LogP contribution in [-0.4, -0.2) is 31.8 Å². The number of guanidine groups is 1. The minimum Gasteiger partial charge on any atom is -0.495 e. The number of anilines is 1. The van der Waals surface area contributed by atoms with Crippen molar-refractivity contribution in [2.75, 3.05) is 19.0 Å². The van der Waals surface area contributed by atoms with E-state index in [1.54, 1.807) is 7.11 Å². The monoisotopic (exact) mass is 289 g/mol. The number of para-hydroxylation sites is 2. The van der Waals surface area contributed by atoms with E-state index in [0.717, 1.165) is 24.5 Å². The van der Waals surface area contributed by atoms with Gasteiger partial charge in [0.15, 0.2) is 5.96 Å². The molecule has 0 amide bonds. The molecule has 3 unspecified atom stereocenters. The van der Waals surface area contributed by atoms with Gasteiger partial charge in [-0.05, 0) is 18.6 Å². The maximum absolute atomic E-state index is 6.09. The van der Waals surface area contributed by atoms with E-state index >= 15 is 0 Å². The van der Waals surface area contributed by atoms with Gasteiger partial charge in [-0.3, -0.25) is 0 Å². The summed E-state index contributed by atoms with van der Waals surface area (Å²) in [6.07, 6.45) is 1.40. The molecule has 0 radical (unpaired) electrons. The van der Waals surface area contributed by atoms with Crippen molar-refractivity contribution in [3.05, 3.63) is 24.3 Å². The molecule has 5 heteroatoms. The molecule has 3 rings (SSSR count). The van der Waals surface area contributed by atoms with Crippen LogP contribution in [0.25, 0.3) is 0 Å². The number of aliphatic imine (C=N–C) groups is 1. The number of nitrogens with two attached hydrogens (primary N) is 1. The van der Waals surface area contributed by atoms with E-state index in [1.807, 2.05) is 24.3 Å². The molecule has 3 atom stereocenters. The number of nitrogens with zero attached hydrogens (tertiary/aromatic N) is 1. The highest BCUT2D eigenvalue weighted by Gasteiger charge is 2.59. The van der Waals surface area contributed by atoms with E-state index in [0.29, 0.717) is 18.0 Å². The van der Waals surface area contributed by atoms with E-state index < -0.39 is 0 Å². The van der Waals surface area contributed by atoms with Crippen LogP contribution in [0.3, 0.4) is 0 Å². The van der Waals surface area contributed by atoms with Crippen LogP contribution in [0.5, 0.6) is 5.75 Å². The number of fused-ring (bicyclic) bond motifs is 1. The average molecular weight is 289 g/mol. The largest absolute Gasteiger partial charge is 0.495 e. The molecule has 1 aromatic rings. The van der Waals surface area contributed by atoms with E-state index in [4.69, 9.17) is 20.2 Å². The molecule has 1 aliphatic heterocycles. The molecular weight excluding hydrogens is 266 g/mol. The number of hydrogen-bond acceptors (Lipinski definition) is 3. The Balaban J connectivity index is 1.75. The Morgan fingerprint density at radius 1 is 1.43 bits per heavy atom. The Kier molecular flexibility index (Phi) is 3.53. The fourth-order valence-electron chi connectivity index (χ4n) is 3.63. The lowest BCUT2D eigenvalue weighted by Gasteiger charge is -2.52. The molecule has 0 aromatic heterocycles. The van der Waals surface area contributed by atoms with Gasteiger partial charge in [0.05, 0.1) is 24.9 Å². The zero-order valence-corrected chi connectivity index (χ0v) is 12.8. The predicted octanol–water partition coefficient (Wildman–Crippen LogP) is 2.24. The molecule has 1 saturated heterocycles. The highest BCUT2D eigenvalue weighted by molar-refractivity contribution is 5.93. The Morgan fingerprint density at radius 3 is 2.95 bits per heavy atom. The minimum absolute atomic E-state index is 0.0498. The molecule has 21 heavy (non-hydrogen) atoms. The van der Waals surface area contributed by atoms with Crippen molar-refractivity contribution in [2.45, 2.75) is 32.4 Å². The van der Waals surface area contributed by atoms with Gasteiger partial charge >= 0.3 is 0 Å². The first-order valence-electron chi connectivity index (χ1n) is 7.39. The molecule has 1 aliphatic carbocycles. The van der Waals surface area contributed by atoms with Gasteiger partial charge < -0.3 is 20.5 Å². The Hall–Kier alpha value is -1.75. The lowest BCUT2D eigenvalue weighted by atomic mass is 9.57. The zero-order chi connectivity index (χ0) is 15.0. The van der Waals surface area contributed by atoms with Crippen LogP contribution in [0.4, 0.5) is 5.69 Å². The van der Waals surface area contributed by atoms with Gasteiger partial charge in [-0.1, -0.05) is 26.0 Å². The van der Waals surface area contributed by atoms with Crippen molar-refractivity contribution in [1.82, 2.24) is 0 Å². The number of ether oxygens (including phenoxy) is 2. The topological polar surface area (TPSA) is 68.9 Å². The standard InChI is InChI=1S/C16H23N3O2/c1-16(2)13(10-8-9-21-14(10)16)19-15(17)18-11-6-4-5-7-12(11)20-3/h4-7,10,13-14H,8-9H2,1-3H3,(H3,17,18,19). The molecule has 3 N–H and O–H groups in total. The SMILES string of the molecule is COc1ccccc1NC(N)=NC1C2CCOC2C1(C)C. The third-order valence-electron chi connectivity index (χ3n) is 4.69. The lowest BCUT2D eigenvalue weighted by molar-refractivity contribution is -0.0985. The Labute approximate surface area is 125 Å². The van der Waals surface area contributed by atoms with Crippen LogP contribution < -0.4 is 15.8 Å². The van der Waals surface area contributed by atoms with E-state index in [2.05, 4.69) is 19.2 Å². The maximum Gasteiger partial charge on any atom is 0.193 e. The van der Waals surface area contributed by atoms with Gasteiger partial charge in [0.2, 0.25) is 0 Å². The summed E-state index contributed by atoms with van der Waals surface area (Å²) in [5.74, 6) is 1.69. The van der Waals surface area contributed by atoms with Crippen LogP contribution in [0.2, 0.25) is 0 Å². The zero-order valence-electron chi connectivity index (χ0n) is 12.8. The van der Waals surface area contributed by atoms with Crippen molar-refractivity contribution in [1.29, 1.82) is 0 Å². The van der Waals surface area contributed by atoms with Gasteiger partial charge in [0, 0.05) is 17.9 Å². The first kappa shape index (κ1) is 14.2. The summed E-state index contributed by atoms with van der Waals surface area (Å²) in [7, 11) is 1.64. The van der Waals surface area contributed by atoms with Crippen molar-refractivity contribution in [3.8, 4) is 5.75 Å². The molecule has 2 aliphatic rings. The van der Waals surface area contributed by atoms with Gasteiger partial charge in [-0.25, -0.2) is 4.99 Å². The predicted molar refractivity (Wildman–Crippen MR) is 83.7 cm³/mol. The summed E-state index contributed by atoms with van der Waals surface area (Å²) in [5.41, 5.74) is 6.97. The van der Waals surface area contributed by atoms with E-state index in [-0.39, 0.29) is 11.5 Å². The summed E-state index contributed by atoms with van der Waals surface area (Å²) < 4.78 is 11.1.